The summed E-state index contributed by atoms with van der Waals surface area (Å²) in [5.41, 5.74) is 1.42. The van der Waals surface area contributed by atoms with Crippen LogP contribution in [0.1, 0.15) is 24.0 Å². The molecule has 1 aliphatic heterocycles. The maximum Gasteiger partial charge on any atom is 0.133 e. The van der Waals surface area contributed by atoms with Crippen molar-refractivity contribution in [1.82, 2.24) is 10.2 Å². The topological polar surface area (TPSA) is 39.1 Å². The van der Waals surface area contributed by atoms with Gasteiger partial charge in [0.05, 0.1) is 6.07 Å². The summed E-state index contributed by atoms with van der Waals surface area (Å²) in [6, 6.07) is 23.1. The lowest BCUT2D eigenvalue weighted by molar-refractivity contribution is 0.243. The number of piperazine rings is 1. The van der Waals surface area contributed by atoms with Crippen LogP contribution in [0.15, 0.2) is 60.7 Å². The standard InChI is InChI=1S/C21H23N3S2/c22-16-21(17-7-3-1-4-8-17,18-9-5-2-6-10-18)12-11-19-15-23-13-14-24(19)20(25)26/h1-10,19,23H,11-15H2,(H,25,26). The summed E-state index contributed by atoms with van der Waals surface area (Å²) in [5.74, 6) is 0. The quantitative estimate of drug-likeness (QED) is 0.611. The van der Waals surface area contributed by atoms with Crippen molar-refractivity contribution in [3.8, 4) is 6.07 Å². The highest BCUT2D eigenvalue weighted by Gasteiger charge is 2.36. The Balaban J connectivity index is 1.92. The molecule has 3 rings (SSSR count). The molecule has 0 bridgehead atoms. The van der Waals surface area contributed by atoms with Crippen LogP contribution in [0.3, 0.4) is 0 Å². The highest BCUT2D eigenvalue weighted by Crippen LogP contribution is 2.37. The fraction of sp³-hybridized carbons (Fsp3) is 0.333. The van der Waals surface area contributed by atoms with Gasteiger partial charge in [-0.2, -0.15) is 5.26 Å². The summed E-state index contributed by atoms with van der Waals surface area (Å²) >= 11 is 9.71. The first-order chi connectivity index (χ1) is 12.7. The number of thiocarbonyl (C=S) groups is 1. The molecule has 0 radical (unpaired) electrons. The molecular weight excluding hydrogens is 358 g/mol. The molecule has 0 aromatic heterocycles. The van der Waals surface area contributed by atoms with E-state index in [2.05, 4.69) is 53.2 Å². The van der Waals surface area contributed by atoms with Crippen LogP contribution in [0.2, 0.25) is 0 Å². The van der Waals surface area contributed by atoms with Gasteiger partial charge in [0.1, 0.15) is 9.74 Å². The third-order valence-electron chi connectivity index (χ3n) is 5.17. The molecule has 0 spiro atoms. The van der Waals surface area contributed by atoms with Crippen LogP contribution >= 0.6 is 24.8 Å². The molecule has 1 N–H and O–H groups in total. The van der Waals surface area contributed by atoms with Crippen LogP contribution in [0.25, 0.3) is 0 Å². The van der Waals surface area contributed by atoms with E-state index in [9.17, 15) is 5.26 Å². The average molecular weight is 382 g/mol. The van der Waals surface area contributed by atoms with Crippen LogP contribution < -0.4 is 5.32 Å². The first-order valence-electron chi connectivity index (χ1n) is 8.90. The van der Waals surface area contributed by atoms with Crippen molar-refractivity contribution in [3.05, 3.63) is 71.8 Å². The minimum Gasteiger partial charge on any atom is -0.352 e. The van der Waals surface area contributed by atoms with Crippen LogP contribution in [-0.4, -0.2) is 34.9 Å². The minimum absolute atomic E-state index is 0.258. The van der Waals surface area contributed by atoms with Gasteiger partial charge in [-0.3, -0.25) is 0 Å². The predicted molar refractivity (Wildman–Crippen MR) is 113 cm³/mol. The Kier molecular flexibility index (Phi) is 6.31. The minimum atomic E-state index is -0.663. The van der Waals surface area contributed by atoms with E-state index in [1.807, 2.05) is 36.4 Å². The molecule has 0 aliphatic carbocycles. The zero-order chi connectivity index (χ0) is 18.4. The van der Waals surface area contributed by atoms with Gasteiger partial charge in [-0.05, 0) is 24.0 Å². The third-order valence-corrected chi connectivity index (χ3v) is 5.66. The van der Waals surface area contributed by atoms with E-state index < -0.39 is 5.41 Å². The number of nitrogens with zero attached hydrogens (tertiary/aromatic N) is 2. The van der Waals surface area contributed by atoms with Gasteiger partial charge in [0.15, 0.2) is 0 Å². The van der Waals surface area contributed by atoms with Crippen molar-refractivity contribution in [1.29, 1.82) is 5.26 Å². The van der Waals surface area contributed by atoms with Gasteiger partial charge >= 0.3 is 0 Å². The number of hydrogen-bond donors (Lipinski definition) is 2. The summed E-state index contributed by atoms with van der Waals surface area (Å²) < 4.78 is 0.637. The zero-order valence-electron chi connectivity index (χ0n) is 14.6. The zero-order valence-corrected chi connectivity index (χ0v) is 16.3. The molecule has 0 amide bonds. The van der Waals surface area contributed by atoms with Gasteiger partial charge in [-0.25, -0.2) is 0 Å². The van der Waals surface area contributed by atoms with E-state index in [0.29, 0.717) is 4.32 Å². The van der Waals surface area contributed by atoms with Crippen molar-refractivity contribution < 1.29 is 0 Å². The molecule has 2 aromatic carbocycles. The van der Waals surface area contributed by atoms with Crippen LogP contribution in [0.5, 0.6) is 0 Å². The Labute approximate surface area is 166 Å². The van der Waals surface area contributed by atoms with Gasteiger partial charge in [-0.1, -0.05) is 72.9 Å². The van der Waals surface area contributed by atoms with Crippen LogP contribution in [-0.2, 0) is 5.41 Å². The molecule has 1 fully saturated rings. The number of hydrogen-bond acceptors (Lipinski definition) is 3. The van der Waals surface area contributed by atoms with Crippen LogP contribution in [0.4, 0.5) is 0 Å². The summed E-state index contributed by atoms with van der Waals surface area (Å²) in [6.07, 6.45) is 1.60. The molecule has 1 aliphatic rings. The lowest BCUT2D eigenvalue weighted by atomic mass is 9.72. The predicted octanol–water partition coefficient (Wildman–Crippen LogP) is 3.76. The summed E-state index contributed by atoms with van der Waals surface area (Å²) in [4.78, 5) is 2.17. The maximum absolute atomic E-state index is 10.3. The highest BCUT2D eigenvalue weighted by atomic mass is 32.1. The lowest BCUT2D eigenvalue weighted by Crippen LogP contribution is -2.52. The first-order valence-corrected chi connectivity index (χ1v) is 9.75. The second kappa shape index (κ2) is 8.68. The van der Waals surface area contributed by atoms with Gasteiger partial charge in [0, 0.05) is 25.7 Å². The van der Waals surface area contributed by atoms with E-state index in [-0.39, 0.29) is 6.04 Å². The molecular formula is C21H23N3S2. The normalized spacial score (nSPS) is 17.5. The Hall–Kier alpha value is -1.87. The van der Waals surface area contributed by atoms with E-state index in [4.69, 9.17) is 12.2 Å². The SMILES string of the molecule is N#CC(CCC1CNCCN1C(=S)S)(c1ccccc1)c1ccccc1. The second-order valence-electron chi connectivity index (χ2n) is 6.62. The maximum atomic E-state index is 10.3. The molecule has 5 heteroatoms. The van der Waals surface area contributed by atoms with Crippen molar-refractivity contribution in [2.24, 2.45) is 0 Å². The molecule has 26 heavy (non-hydrogen) atoms. The second-order valence-corrected chi connectivity index (χ2v) is 7.73. The van der Waals surface area contributed by atoms with Gasteiger partial charge in [-0.15, -0.1) is 12.6 Å². The van der Waals surface area contributed by atoms with Crippen molar-refractivity contribution in [2.75, 3.05) is 19.6 Å². The molecule has 1 heterocycles. The van der Waals surface area contributed by atoms with E-state index >= 15 is 0 Å². The fourth-order valence-corrected chi connectivity index (χ4v) is 4.24. The number of thiol groups is 1. The summed E-state index contributed by atoms with van der Waals surface area (Å²) in [7, 11) is 0. The number of benzene rings is 2. The number of nitrogens with one attached hydrogen (secondary N) is 1. The van der Waals surface area contributed by atoms with E-state index in [1.54, 1.807) is 0 Å². The highest BCUT2D eigenvalue weighted by molar-refractivity contribution is 8.10. The van der Waals surface area contributed by atoms with Gasteiger partial charge in [0.2, 0.25) is 0 Å². The summed E-state index contributed by atoms with van der Waals surface area (Å²) in [6.45, 7) is 2.65. The molecule has 134 valence electrons. The smallest absolute Gasteiger partial charge is 0.133 e. The van der Waals surface area contributed by atoms with Gasteiger partial charge in [0.25, 0.3) is 0 Å². The lowest BCUT2D eigenvalue weighted by Gasteiger charge is -2.38. The molecule has 3 nitrogen and oxygen atoms in total. The van der Waals surface area contributed by atoms with Crippen molar-refractivity contribution >= 4 is 29.2 Å². The molecule has 2 aromatic rings. The Morgan fingerprint density at radius 1 is 1.15 bits per heavy atom. The number of rotatable bonds is 5. The Morgan fingerprint density at radius 3 is 2.23 bits per heavy atom. The molecule has 1 atom stereocenters. The van der Waals surface area contributed by atoms with Crippen LogP contribution in [0, 0.1) is 11.3 Å². The monoisotopic (exact) mass is 381 g/mol. The van der Waals surface area contributed by atoms with E-state index in [0.717, 1.165) is 43.6 Å². The van der Waals surface area contributed by atoms with Gasteiger partial charge < -0.3 is 10.2 Å². The Morgan fingerprint density at radius 2 is 1.73 bits per heavy atom. The number of nitriles is 1. The Bertz CT molecular complexity index is 731. The van der Waals surface area contributed by atoms with E-state index in [1.165, 1.54) is 0 Å². The largest absolute Gasteiger partial charge is 0.352 e. The van der Waals surface area contributed by atoms with Crippen molar-refractivity contribution in [2.45, 2.75) is 24.3 Å². The third kappa shape index (κ3) is 3.93. The van der Waals surface area contributed by atoms with Crippen molar-refractivity contribution in [3.63, 3.8) is 0 Å². The molecule has 1 saturated heterocycles. The fourth-order valence-electron chi connectivity index (χ4n) is 3.74. The molecule has 1 unspecified atom stereocenters. The molecule has 0 saturated carbocycles. The average Bonchev–Trinajstić information content (AvgIpc) is 2.70. The summed E-state index contributed by atoms with van der Waals surface area (Å²) in [5, 5.41) is 13.7. The first kappa shape index (κ1) is 18.9.